The van der Waals surface area contributed by atoms with Crippen LogP contribution in [0.25, 0.3) is 11.4 Å². The molecule has 1 aliphatic heterocycles. The Hall–Kier alpha value is -2.82. The Kier molecular flexibility index (Phi) is 5.10. The smallest absolute Gasteiger partial charge is 0.163 e. The minimum Gasteiger partial charge on any atom is -0.356 e. The fraction of sp³-hybridized carbons (Fsp3) is 0.364. The van der Waals surface area contributed by atoms with Gasteiger partial charge in [0.05, 0.1) is 0 Å². The fourth-order valence-corrected chi connectivity index (χ4v) is 3.75. The molecule has 1 saturated heterocycles. The number of rotatable bonds is 4. The highest BCUT2D eigenvalue weighted by Crippen LogP contribution is 2.29. The molecule has 1 fully saturated rings. The third kappa shape index (κ3) is 3.97. The molecule has 3 aromatic heterocycles. The van der Waals surface area contributed by atoms with Crippen molar-refractivity contribution in [3.05, 3.63) is 65.9 Å². The largest absolute Gasteiger partial charge is 0.356 e. The lowest BCUT2D eigenvalue weighted by Gasteiger charge is -2.34. The van der Waals surface area contributed by atoms with Crippen LogP contribution in [0.4, 0.5) is 5.82 Å². The van der Waals surface area contributed by atoms with E-state index in [9.17, 15) is 0 Å². The maximum atomic E-state index is 4.90. The van der Waals surface area contributed by atoms with Crippen molar-refractivity contribution in [1.29, 1.82) is 0 Å². The number of aromatic nitrogens is 4. The average Bonchev–Trinajstić information content (AvgIpc) is 2.72. The van der Waals surface area contributed by atoms with Crippen LogP contribution in [-0.4, -0.2) is 33.0 Å². The van der Waals surface area contributed by atoms with E-state index in [2.05, 4.69) is 39.8 Å². The highest BCUT2D eigenvalue weighted by molar-refractivity contribution is 5.59. The molecule has 0 N–H and O–H groups in total. The summed E-state index contributed by atoms with van der Waals surface area (Å²) in [7, 11) is 0. The van der Waals surface area contributed by atoms with E-state index in [1.54, 1.807) is 6.20 Å². The number of nitrogens with zero attached hydrogens (tertiary/aromatic N) is 5. The van der Waals surface area contributed by atoms with Crippen LogP contribution in [0.5, 0.6) is 0 Å². The van der Waals surface area contributed by atoms with Gasteiger partial charge in [0, 0.05) is 54.7 Å². The Morgan fingerprint density at radius 2 is 1.70 bits per heavy atom. The second-order valence-electron chi connectivity index (χ2n) is 7.32. The highest BCUT2D eigenvalue weighted by atomic mass is 15.2. The Bertz CT molecular complexity index is 887. The molecule has 0 atom stereocenters. The van der Waals surface area contributed by atoms with Crippen LogP contribution in [0.1, 0.15) is 29.7 Å². The van der Waals surface area contributed by atoms with Gasteiger partial charge in [0.1, 0.15) is 5.82 Å². The number of anilines is 1. The van der Waals surface area contributed by atoms with Gasteiger partial charge in [0.2, 0.25) is 0 Å². The van der Waals surface area contributed by atoms with Crippen LogP contribution >= 0.6 is 0 Å². The molecule has 5 heteroatoms. The molecule has 0 amide bonds. The summed E-state index contributed by atoms with van der Waals surface area (Å²) in [5, 5.41) is 0. The minimum atomic E-state index is 0.714. The maximum absolute atomic E-state index is 4.90. The van der Waals surface area contributed by atoms with Gasteiger partial charge < -0.3 is 4.90 Å². The monoisotopic (exact) mass is 359 g/mol. The first-order valence-electron chi connectivity index (χ1n) is 9.60. The van der Waals surface area contributed by atoms with Gasteiger partial charge in [-0.1, -0.05) is 6.07 Å². The molecule has 0 spiro atoms. The van der Waals surface area contributed by atoms with Crippen molar-refractivity contribution in [3.8, 4) is 11.4 Å². The predicted molar refractivity (Wildman–Crippen MR) is 108 cm³/mol. The van der Waals surface area contributed by atoms with Crippen LogP contribution in [0.2, 0.25) is 0 Å². The summed E-state index contributed by atoms with van der Waals surface area (Å²) in [6.07, 6.45) is 10.9. The Morgan fingerprint density at radius 3 is 2.37 bits per heavy atom. The van der Waals surface area contributed by atoms with E-state index < -0.39 is 0 Å². The van der Waals surface area contributed by atoms with Crippen LogP contribution in [0, 0.1) is 19.8 Å². The quantitative estimate of drug-likeness (QED) is 0.704. The summed E-state index contributed by atoms with van der Waals surface area (Å²) in [5.41, 5.74) is 4.52. The van der Waals surface area contributed by atoms with E-state index in [1.807, 2.05) is 36.8 Å². The van der Waals surface area contributed by atoms with Crippen molar-refractivity contribution < 1.29 is 0 Å². The van der Waals surface area contributed by atoms with Crippen molar-refractivity contribution in [2.45, 2.75) is 33.1 Å². The first-order valence-corrected chi connectivity index (χ1v) is 9.60. The van der Waals surface area contributed by atoms with E-state index >= 15 is 0 Å². The number of hydrogen-bond donors (Lipinski definition) is 0. The van der Waals surface area contributed by atoms with E-state index in [0.717, 1.165) is 42.4 Å². The Morgan fingerprint density at radius 1 is 0.963 bits per heavy atom. The lowest BCUT2D eigenvalue weighted by molar-refractivity contribution is 0.401. The van der Waals surface area contributed by atoms with Crippen LogP contribution in [-0.2, 0) is 6.42 Å². The molecule has 0 unspecified atom stereocenters. The molecule has 1 aliphatic rings. The van der Waals surface area contributed by atoms with Crippen molar-refractivity contribution in [2.75, 3.05) is 18.0 Å². The molecule has 0 bridgehead atoms. The average molecular weight is 359 g/mol. The number of pyridine rings is 2. The van der Waals surface area contributed by atoms with Gasteiger partial charge in [-0.2, -0.15) is 0 Å². The van der Waals surface area contributed by atoms with Gasteiger partial charge in [0.15, 0.2) is 5.82 Å². The molecule has 0 saturated carbocycles. The Balaban J connectivity index is 1.50. The number of hydrogen-bond acceptors (Lipinski definition) is 5. The molecule has 4 heterocycles. The predicted octanol–water partition coefficient (Wildman–Crippen LogP) is 4.01. The van der Waals surface area contributed by atoms with E-state index in [0.29, 0.717) is 5.92 Å². The normalized spacial score (nSPS) is 15.1. The first kappa shape index (κ1) is 17.6. The summed E-state index contributed by atoms with van der Waals surface area (Å²) < 4.78 is 0. The molecular weight excluding hydrogens is 334 g/mol. The molecule has 138 valence electrons. The summed E-state index contributed by atoms with van der Waals surface area (Å²) in [4.78, 5) is 20.5. The summed E-state index contributed by atoms with van der Waals surface area (Å²) in [5.74, 6) is 2.55. The summed E-state index contributed by atoms with van der Waals surface area (Å²) in [6, 6.07) is 8.15. The lowest BCUT2D eigenvalue weighted by Crippen LogP contribution is -2.35. The van der Waals surface area contributed by atoms with Crippen molar-refractivity contribution in [2.24, 2.45) is 5.92 Å². The SMILES string of the molecule is Cc1nc(-c2cccnc2)nc(N2CCC(Cc3cccnc3)CC2)c1C. The molecule has 5 nitrogen and oxygen atoms in total. The van der Waals surface area contributed by atoms with Crippen molar-refractivity contribution in [1.82, 2.24) is 19.9 Å². The standard InChI is InChI=1S/C22H25N5/c1-16-17(2)25-21(20-6-4-10-24-15-20)26-22(16)27-11-7-18(8-12-27)13-19-5-3-9-23-14-19/h3-6,9-10,14-15,18H,7-8,11-13H2,1-2H3. The van der Waals surface area contributed by atoms with E-state index in [-0.39, 0.29) is 0 Å². The van der Waals surface area contributed by atoms with E-state index in [4.69, 9.17) is 4.98 Å². The van der Waals surface area contributed by atoms with Gasteiger partial charge in [-0.05, 0) is 62.8 Å². The molecule has 3 aromatic rings. The summed E-state index contributed by atoms with van der Waals surface area (Å²) >= 11 is 0. The lowest BCUT2D eigenvalue weighted by atomic mass is 9.90. The van der Waals surface area contributed by atoms with E-state index in [1.165, 1.54) is 24.0 Å². The maximum Gasteiger partial charge on any atom is 0.163 e. The van der Waals surface area contributed by atoms with Crippen LogP contribution in [0.15, 0.2) is 49.1 Å². The van der Waals surface area contributed by atoms with Gasteiger partial charge in [-0.25, -0.2) is 9.97 Å². The molecule has 0 aliphatic carbocycles. The topological polar surface area (TPSA) is 54.8 Å². The number of aryl methyl sites for hydroxylation is 1. The molecule has 4 rings (SSSR count). The first-order chi connectivity index (χ1) is 13.2. The van der Waals surface area contributed by atoms with Crippen molar-refractivity contribution >= 4 is 5.82 Å². The van der Waals surface area contributed by atoms with Crippen LogP contribution < -0.4 is 4.90 Å². The zero-order valence-electron chi connectivity index (χ0n) is 16.0. The third-order valence-corrected chi connectivity index (χ3v) is 5.44. The van der Waals surface area contributed by atoms with Crippen LogP contribution in [0.3, 0.4) is 0 Å². The van der Waals surface area contributed by atoms with Gasteiger partial charge in [0.25, 0.3) is 0 Å². The third-order valence-electron chi connectivity index (χ3n) is 5.44. The van der Waals surface area contributed by atoms with Crippen molar-refractivity contribution in [3.63, 3.8) is 0 Å². The van der Waals surface area contributed by atoms with Gasteiger partial charge >= 0.3 is 0 Å². The second kappa shape index (κ2) is 7.82. The minimum absolute atomic E-state index is 0.714. The van der Waals surface area contributed by atoms with Gasteiger partial charge in [-0.3, -0.25) is 9.97 Å². The highest BCUT2D eigenvalue weighted by Gasteiger charge is 2.23. The van der Waals surface area contributed by atoms with Gasteiger partial charge in [-0.15, -0.1) is 0 Å². The second-order valence-corrected chi connectivity index (χ2v) is 7.32. The Labute approximate surface area is 160 Å². The zero-order chi connectivity index (χ0) is 18.6. The fourth-order valence-electron chi connectivity index (χ4n) is 3.75. The molecule has 27 heavy (non-hydrogen) atoms. The summed E-state index contributed by atoms with van der Waals surface area (Å²) in [6.45, 7) is 6.26. The zero-order valence-corrected chi connectivity index (χ0v) is 16.0. The number of piperidine rings is 1. The molecular formula is C22H25N5. The molecule has 0 radical (unpaired) electrons. The molecule has 0 aromatic carbocycles.